The number of nitrogens with one attached hydrogen (secondary N) is 1. The highest BCUT2D eigenvalue weighted by Gasteiger charge is 2.11. The normalized spacial score (nSPS) is 9.85. The van der Waals surface area contributed by atoms with E-state index in [1.54, 1.807) is 6.92 Å². The zero-order valence-corrected chi connectivity index (χ0v) is 8.48. The Morgan fingerprint density at radius 2 is 2.23 bits per heavy atom. The van der Waals surface area contributed by atoms with Gasteiger partial charge >= 0.3 is 0 Å². The van der Waals surface area contributed by atoms with Gasteiger partial charge in [-0.3, -0.25) is 10.2 Å². The molecule has 0 heterocycles. The van der Waals surface area contributed by atoms with Crippen LogP contribution in [-0.4, -0.2) is 5.91 Å². The predicted octanol–water partition coefficient (Wildman–Crippen LogP) is 1.50. The summed E-state index contributed by atoms with van der Waals surface area (Å²) in [7, 11) is 0. The molecule has 0 aliphatic rings. The average Bonchev–Trinajstić information content (AvgIpc) is 2.10. The number of rotatable bonds is 1. The highest BCUT2D eigenvalue weighted by Crippen LogP contribution is 2.20. The Kier molecular flexibility index (Phi) is 3.00. The molecule has 1 aromatic rings. The topological polar surface area (TPSA) is 55.1 Å². The number of hydrogen-bond acceptors (Lipinski definition) is 2. The number of halogens is 2. The second-order valence-electron chi connectivity index (χ2n) is 2.55. The number of carbonyl (C=O) groups excluding carboxylic acids is 1. The molecule has 3 N–H and O–H groups in total. The molecular weight excluding hydrogens is 239 g/mol. The van der Waals surface area contributed by atoms with Gasteiger partial charge in [0, 0.05) is 4.47 Å². The van der Waals surface area contributed by atoms with Crippen LogP contribution in [0.3, 0.4) is 0 Å². The lowest BCUT2D eigenvalue weighted by Crippen LogP contribution is -2.30. The van der Waals surface area contributed by atoms with Gasteiger partial charge in [0.15, 0.2) is 0 Å². The monoisotopic (exact) mass is 246 g/mol. The predicted molar refractivity (Wildman–Crippen MR) is 50.5 cm³/mol. The van der Waals surface area contributed by atoms with Crippen molar-refractivity contribution >= 4 is 21.8 Å². The van der Waals surface area contributed by atoms with E-state index in [1.165, 1.54) is 12.1 Å². The molecule has 0 atom stereocenters. The molecule has 0 fully saturated rings. The number of carbonyl (C=O) groups is 1. The molecule has 0 aliphatic heterocycles. The first-order valence-electron chi connectivity index (χ1n) is 3.53. The summed E-state index contributed by atoms with van der Waals surface area (Å²) in [6.07, 6.45) is 0. The van der Waals surface area contributed by atoms with E-state index in [0.717, 1.165) is 5.56 Å². The van der Waals surface area contributed by atoms with Crippen molar-refractivity contribution in [1.29, 1.82) is 0 Å². The third-order valence-electron chi connectivity index (χ3n) is 1.62. The van der Waals surface area contributed by atoms with Crippen molar-refractivity contribution in [2.24, 2.45) is 5.84 Å². The maximum Gasteiger partial charge on any atom is 0.268 e. The molecule has 0 aromatic heterocycles. The zero-order valence-electron chi connectivity index (χ0n) is 6.90. The van der Waals surface area contributed by atoms with Gasteiger partial charge in [0.05, 0.1) is 5.56 Å². The molecule has 0 radical (unpaired) electrons. The maximum absolute atomic E-state index is 13.1. The summed E-state index contributed by atoms with van der Waals surface area (Å²) in [6.45, 7) is 1.73. The largest absolute Gasteiger partial charge is 0.290 e. The Morgan fingerprint density at radius 1 is 1.62 bits per heavy atom. The van der Waals surface area contributed by atoms with E-state index < -0.39 is 11.7 Å². The van der Waals surface area contributed by atoms with E-state index in [2.05, 4.69) is 15.9 Å². The Morgan fingerprint density at radius 3 is 2.77 bits per heavy atom. The van der Waals surface area contributed by atoms with Gasteiger partial charge < -0.3 is 0 Å². The Hall–Kier alpha value is -0.940. The Balaban J connectivity index is 3.23. The highest BCUT2D eigenvalue weighted by molar-refractivity contribution is 9.10. The molecule has 0 saturated carbocycles. The summed E-state index contributed by atoms with van der Waals surface area (Å²) in [5.74, 6) is 3.66. The number of nitrogens with two attached hydrogens (primary N) is 1. The minimum atomic E-state index is -0.641. The number of benzene rings is 1. The summed E-state index contributed by atoms with van der Waals surface area (Å²) in [5, 5.41) is 0. The van der Waals surface area contributed by atoms with E-state index in [4.69, 9.17) is 5.84 Å². The molecular formula is C8H8BrFN2O. The molecule has 1 aromatic carbocycles. The lowest BCUT2D eigenvalue weighted by molar-refractivity contribution is 0.0949. The number of amides is 1. The molecule has 3 nitrogen and oxygen atoms in total. The van der Waals surface area contributed by atoms with Crippen molar-refractivity contribution < 1.29 is 9.18 Å². The standard InChI is InChI=1S/C8H8BrFN2O/c1-4-2-7(10)5(3-6(4)9)8(13)12-11/h2-3H,11H2,1H3,(H,12,13). The quantitative estimate of drug-likeness (QED) is 0.449. The van der Waals surface area contributed by atoms with Gasteiger partial charge in [-0.2, -0.15) is 0 Å². The van der Waals surface area contributed by atoms with Gasteiger partial charge in [-0.15, -0.1) is 0 Å². The van der Waals surface area contributed by atoms with Crippen LogP contribution in [0, 0.1) is 12.7 Å². The van der Waals surface area contributed by atoms with Gasteiger partial charge in [0.2, 0.25) is 0 Å². The SMILES string of the molecule is Cc1cc(F)c(C(=O)NN)cc1Br. The lowest BCUT2D eigenvalue weighted by Gasteiger charge is -2.04. The molecule has 1 amide bonds. The number of hydrazine groups is 1. The molecule has 5 heteroatoms. The maximum atomic E-state index is 13.1. The van der Waals surface area contributed by atoms with E-state index in [9.17, 15) is 9.18 Å². The second-order valence-corrected chi connectivity index (χ2v) is 3.41. The third kappa shape index (κ3) is 2.05. The van der Waals surface area contributed by atoms with Gasteiger partial charge in [-0.05, 0) is 24.6 Å². The van der Waals surface area contributed by atoms with Crippen LogP contribution in [0.4, 0.5) is 4.39 Å². The van der Waals surface area contributed by atoms with Crippen LogP contribution in [0.15, 0.2) is 16.6 Å². The van der Waals surface area contributed by atoms with Crippen LogP contribution in [0.1, 0.15) is 15.9 Å². The molecule has 0 unspecified atom stereocenters. The van der Waals surface area contributed by atoms with Crippen molar-refractivity contribution in [2.75, 3.05) is 0 Å². The van der Waals surface area contributed by atoms with Crippen LogP contribution >= 0.6 is 15.9 Å². The smallest absolute Gasteiger partial charge is 0.268 e. The van der Waals surface area contributed by atoms with Gasteiger partial charge in [-0.1, -0.05) is 15.9 Å². The van der Waals surface area contributed by atoms with Gasteiger partial charge in [0.1, 0.15) is 5.82 Å². The molecule has 13 heavy (non-hydrogen) atoms. The first-order chi connectivity index (χ1) is 6.06. The van der Waals surface area contributed by atoms with Crippen LogP contribution in [0.2, 0.25) is 0 Å². The minimum absolute atomic E-state index is 0.0695. The molecule has 0 saturated heterocycles. The Labute approximate surface area is 83.2 Å². The number of hydrogen-bond donors (Lipinski definition) is 2. The van der Waals surface area contributed by atoms with E-state index in [-0.39, 0.29) is 5.56 Å². The summed E-state index contributed by atoms with van der Waals surface area (Å²) >= 11 is 3.19. The molecule has 0 spiro atoms. The molecule has 0 aliphatic carbocycles. The highest BCUT2D eigenvalue weighted by atomic mass is 79.9. The summed E-state index contributed by atoms with van der Waals surface area (Å²) in [4.78, 5) is 11.0. The van der Waals surface area contributed by atoms with Crippen LogP contribution in [0.5, 0.6) is 0 Å². The second kappa shape index (κ2) is 3.85. The lowest BCUT2D eigenvalue weighted by atomic mass is 10.1. The van der Waals surface area contributed by atoms with Gasteiger partial charge in [-0.25, -0.2) is 10.2 Å². The minimum Gasteiger partial charge on any atom is -0.290 e. The van der Waals surface area contributed by atoms with Crippen molar-refractivity contribution in [1.82, 2.24) is 5.43 Å². The average molecular weight is 247 g/mol. The van der Waals surface area contributed by atoms with E-state index in [1.807, 2.05) is 5.43 Å². The van der Waals surface area contributed by atoms with Crippen molar-refractivity contribution in [3.05, 3.63) is 33.5 Å². The fraction of sp³-hybridized carbons (Fsp3) is 0.125. The summed E-state index contributed by atoms with van der Waals surface area (Å²) in [6, 6.07) is 2.67. The zero-order chi connectivity index (χ0) is 10.0. The van der Waals surface area contributed by atoms with Crippen LogP contribution < -0.4 is 11.3 Å². The summed E-state index contributed by atoms with van der Waals surface area (Å²) in [5.41, 5.74) is 2.53. The van der Waals surface area contributed by atoms with Crippen LogP contribution in [0.25, 0.3) is 0 Å². The van der Waals surface area contributed by atoms with Crippen molar-refractivity contribution in [2.45, 2.75) is 6.92 Å². The van der Waals surface area contributed by atoms with Crippen molar-refractivity contribution in [3.8, 4) is 0 Å². The first kappa shape index (κ1) is 10.1. The Bertz CT molecular complexity index is 354. The molecule has 70 valence electrons. The molecule has 0 bridgehead atoms. The first-order valence-corrected chi connectivity index (χ1v) is 4.32. The number of aryl methyl sites for hydroxylation is 1. The molecule has 1 rings (SSSR count). The van der Waals surface area contributed by atoms with Crippen molar-refractivity contribution in [3.63, 3.8) is 0 Å². The summed E-state index contributed by atoms with van der Waals surface area (Å²) < 4.78 is 13.8. The van der Waals surface area contributed by atoms with E-state index in [0.29, 0.717) is 4.47 Å². The fourth-order valence-corrected chi connectivity index (χ4v) is 1.24. The van der Waals surface area contributed by atoms with Gasteiger partial charge in [0.25, 0.3) is 5.91 Å². The number of nitrogen functional groups attached to an aromatic ring is 1. The van der Waals surface area contributed by atoms with E-state index >= 15 is 0 Å². The fourth-order valence-electron chi connectivity index (χ4n) is 0.898. The van der Waals surface area contributed by atoms with Crippen LogP contribution in [-0.2, 0) is 0 Å². The third-order valence-corrected chi connectivity index (χ3v) is 2.48.